The standard InChI is InChI=1S/C26H22N2O7/c1-33-18-14-13-17(19(26(31)32)22(18)34-2)21-20-23(35-28(21)16-11-7-4-8-12-16)25(30)27(24(20)29)15-9-5-3-6-10-15/h3-14,20-21,23H,1-2H3,(H,31,32)/t20-,21+,23+/m1/s1. The summed E-state index contributed by atoms with van der Waals surface area (Å²) in [5, 5.41) is 11.6. The van der Waals surface area contributed by atoms with Crippen molar-refractivity contribution in [2.75, 3.05) is 24.2 Å². The highest BCUT2D eigenvalue weighted by molar-refractivity contribution is 6.24. The van der Waals surface area contributed by atoms with Gasteiger partial charge in [0.2, 0.25) is 5.91 Å². The summed E-state index contributed by atoms with van der Waals surface area (Å²) in [6, 6.07) is 19.7. The Labute approximate surface area is 201 Å². The van der Waals surface area contributed by atoms with Gasteiger partial charge in [-0.15, -0.1) is 0 Å². The number of ether oxygens (including phenoxy) is 2. The second-order valence-corrected chi connectivity index (χ2v) is 8.08. The molecule has 3 atom stereocenters. The van der Waals surface area contributed by atoms with E-state index in [0.29, 0.717) is 11.4 Å². The van der Waals surface area contributed by atoms with Gasteiger partial charge in [-0.1, -0.05) is 42.5 Å². The predicted molar refractivity (Wildman–Crippen MR) is 125 cm³/mol. The minimum absolute atomic E-state index is 0.0191. The van der Waals surface area contributed by atoms with Crippen molar-refractivity contribution in [2.45, 2.75) is 12.1 Å². The van der Waals surface area contributed by atoms with E-state index in [9.17, 15) is 19.5 Å². The molecule has 178 valence electrons. The van der Waals surface area contributed by atoms with Gasteiger partial charge in [0.1, 0.15) is 11.5 Å². The zero-order chi connectivity index (χ0) is 24.7. The topological polar surface area (TPSA) is 106 Å². The molecule has 2 saturated heterocycles. The van der Waals surface area contributed by atoms with Crippen LogP contribution in [0.5, 0.6) is 11.5 Å². The van der Waals surface area contributed by atoms with Crippen molar-refractivity contribution in [3.05, 3.63) is 83.9 Å². The fourth-order valence-corrected chi connectivity index (χ4v) is 4.77. The Kier molecular flexibility index (Phi) is 5.62. The molecule has 1 N–H and O–H groups in total. The van der Waals surface area contributed by atoms with E-state index < -0.39 is 35.8 Å². The van der Waals surface area contributed by atoms with Crippen LogP contribution in [-0.4, -0.2) is 43.2 Å². The number of anilines is 2. The van der Waals surface area contributed by atoms with E-state index in [2.05, 4.69) is 0 Å². The molecule has 9 nitrogen and oxygen atoms in total. The molecule has 3 aromatic carbocycles. The summed E-state index contributed by atoms with van der Waals surface area (Å²) in [6.07, 6.45) is -1.12. The number of aromatic carboxylic acids is 1. The van der Waals surface area contributed by atoms with Crippen molar-refractivity contribution in [3.8, 4) is 11.5 Å². The Morgan fingerprint density at radius 3 is 2.06 bits per heavy atom. The Balaban J connectivity index is 1.70. The molecular formula is C26H22N2O7. The summed E-state index contributed by atoms with van der Waals surface area (Å²) in [5.74, 6) is -2.98. The van der Waals surface area contributed by atoms with Crippen LogP contribution in [0.1, 0.15) is 22.0 Å². The van der Waals surface area contributed by atoms with Crippen molar-refractivity contribution >= 4 is 29.2 Å². The summed E-state index contributed by atoms with van der Waals surface area (Å²) in [6.45, 7) is 0. The molecule has 2 heterocycles. The van der Waals surface area contributed by atoms with E-state index >= 15 is 0 Å². The van der Waals surface area contributed by atoms with Crippen LogP contribution in [0.4, 0.5) is 11.4 Å². The van der Waals surface area contributed by atoms with Gasteiger partial charge < -0.3 is 14.6 Å². The predicted octanol–water partition coefficient (Wildman–Crippen LogP) is 3.45. The molecule has 0 spiro atoms. The van der Waals surface area contributed by atoms with Crippen LogP contribution in [-0.2, 0) is 14.4 Å². The maximum atomic E-state index is 13.7. The Morgan fingerprint density at radius 1 is 0.857 bits per heavy atom. The third-order valence-electron chi connectivity index (χ3n) is 6.25. The summed E-state index contributed by atoms with van der Waals surface area (Å²) < 4.78 is 10.7. The quantitative estimate of drug-likeness (QED) is 0.542. The molecule has 2 aliphatic rings. The molecule has 2 amide bonds. The number of hydrogen-bond donors (Lipinski definition) is 1. The van der Waals surface area contributed by atoms with E-state index in [4.69, 9.17) is 14.3 Å². The van der Waals surface area contributed by atoms with E-state index in [-0.39, 0.29) is 22.6 Å². The highest BCUT2D eigenvalue weighted by atomic mass is 16.7. The minimum Gasteiger partial charge on any atom is -0.493 e. The number of amides is 2. The summed E-state index contributed by atoms with van der Waals surface area (Å²) in [7, 11) is 2.75. The van der Waals surface area contributed by atoms with Gasteiger partial charge >= 0.3 is 5.97 Å². The molecule has 2 aliphatic heterocycles. The van der Waals surface area contributed by atoms with Crippen LogP contribution in [0.15, 0.2) is 72.8 Å². The lowest BCUT2D eigenvalue weighted by molar-refractivity contribution is -0.126. The number of hydroxylamine groups is 1. The number of rotatable bonds is 6. The van der Waals surface area contributed by atoms with Crippen molar-refractivity contribution < 1.29 is 33.8 Å². The molecule has 2 fully saturated rings. The SMILES string of the molecule is COc1ccc([C@H]2[C@H]3C(=O)N(c4ccccc4)C(=O)[C@H]3ON2c2ccccc2)c(C(=O)O)c1OC. The second-order valence-electron chi connectivity index (χ2n) is 8.08. The highest BCUT2D eigenvalue weighted by Crippen LogP contribution is 2.50. The van der Waals surface area contributed by atoms with Gasteiger partial charge in [-0.25, -0.2) is 14.8 Å². The Bertz CT molecular complexity index is 1300. The number of fused-ring (bicyclic) bond motifs is 1. The van der Waals surface area contributed by atoms with E-state index in [1.54, 1.807) is 66.7 Å². The van der Waals surface area contributed by atoms with Crippen LogP contribution in [0.25, 0.3) is 0 Å². The van der Waals surface area contributed by atoms with Crippen LogP contribution in [0, 0.1) is 5.92 Å². The van der Waals surface area contributed by atoms with Crippen molar-refractivity contribution in [1.29, 1.82) is 0 Å². The van der Waals surface area contributed by atoms with Crippen LogP contribution in [0.3, 0.4) is 0 Å². The maximum Gasteiger partial charge on any atom is 0.339 e. The average molecular weight is 474 g/mol. The second kappa shape index (κ2) is 8.77. The van der Waals surface area contributed by atoms with Crippen LogP contribution in [0.2, 0.25) is 0 Å². The van der Waals surface area contributed by atoms with E-state index in [0.717, 1.165) is 4.90 Å². The number of hydrogen-bond acceptors (Lipinski definition) is 7. The fourth-order valence-electron chi connectivity index (χ4n) is 4.77. The van der Waals surface area contributed by atoms with Crippen LogP contribution < -0.4 is 19.4 Å². The Morgan fingerprint density at radius 2 is 1.49 bits per heavy atom. The number of nitrogens with zero attached hydrogens (tertiary/aromatic N) is 2. The fraction of sp³-hybridized carbons (Fsp3) is 0.192. The molecule has 9 heteroatoms. The normalized spacial score (nSPS) is 21.3. The number of carbonyl (C=O) groups excluding carboxylic acids is 2. The number of para-hydroxylation sites is 2. The monoisotopic (exact) mass is 474 g/mol. The minimum atomic E-state index is -1.26. The lowest BCUT2D eigenvalue weighted by Crippen LogP contribution is -2.37. The molecule has 0 radical (unpaired) electrons. The highest BCUT2D eigenvalue weighted by Gasteiger charge is 2.61. The summed E-state index contributed by atoms with van der Waals surface area (Å²) in [5.41, 5.74) is 1.10. The number of carboxylic acid groups (broad SMARTS) is 1. The van der Waals surface area contributed by atoms with E-state index in [1.807, 2.05) is 6.07 Å². The van der Waals surface area contributed by atoms with Gasteiger partial charge in [0, 0.05) is 0 Å². The molecule has 0 unspecified atom stereocenters. The number of imide groups is 1. The lowest BCUT2D eigenvalue weighted by Gasteiger charge is -2.30. The number of benzene rings is 3. The van der Waals surface area contributed by atoms with E-state index in [1.165, 1.54) is 19.3 Å². The molecular weight excluding hydrogens is 452 g/mol. The van der Waals surface area contributed by atoms with Crippen molar-refractivity contribution in [3.63, 3.8) is 0 Å². The number of methoxy groups -OCH3 is 2. The van der Waals surface area contributed by atoms with Gasteiger partial charge in [-0.3, -0.25) is 14.4 Å². The number of carboxylic acids is 1. The van der Waals surface area contributed by atoms with Gasteiger partial charge in [0.25, 0.3) is 5.91 Å². The molecule has 0 bridgehead atoms. The zero-order valence-electron chi connectivity index (χ0n) is 19.0. The molecule has 5 rings (SSSR count). The van der Waals surface area contributed by atoms with Crippen LogP contribution >= 0.6 is 0 Å². The first kappa shape index (κ1) is 22.4. The van der Waals surface area contributed by atoms with Gasteiger partial charge in [-0.2, -0.15) is 0 Å². The number of carbonyl (C=O) groups is 3. The molecule has 35 heavy (non-hydrogen) atoms. The first-order valence-corrected chi connectivity index (χ1v) is 10.9. The van der Waals surface area contributed by atoms with Gasteiger partial charge in [0.15, 0.2) is 17.6 Å². The average Bonchev–Trinajstić information content (AvgIpc) is 3.39. The van der Waals surface area contributed by atoms with Crippen molar-refractivity contribution in [2.24, 2.45) is 5.92 Å². The first-order valence-electron chi connectivity index (χ1n) is 10.9. The smallest absolute Gasteiger partial charge is 0.339 e. The lowest BCUT2D eigenvalue weighted by atomic mass is 9.87. The largest absolute Gasteiger partial charge is 0.493 e. The molecule has 0 aliphatic carbocycles. The van der Waals surface area contributed by atoms with Crippen molar-refractivity contribution in [1.82, 2.24) is 0 Å². The molecule has 0 saturated carbocycles. The zero-order valence-corrected chi connectivity index (χ0v) is 19.0. The van der Waals surface area contributed by atoms with Gasteiger partial charge in [-0.05, 0) is 35.9 Å². The molecule has 3 aromatic rings. The maximum absolute atomic E-state index is 13.7. The third-order valence-corrected chi connectivity index (χ3v) is 6.25. The summed E-state index contributed by atoms with van der Waals surface area (Å²) in [4.78, 5) is 46.7. The summed E-state index contributed by atoms with van der Waals surface area (Å²) >= 11 is 0. The first-order chi connectivity index (χ1) is 17.0. The molecule has 0 aromatic heterocycles. The van der Waals surface area contributed by atoms with Gasteiger partial charge in [0.05, 0.1) is 31.6 Å². The Hall–Kier alpha value is -4.37. The third kappa shape index (κ3) is 3.48.